The molecule has 1 fully saturated rings. The fourth-order valence-corrected chi connectivity index (χ4v) is 4.08. The van der Waals surface area contributed by atoms with Crippen LogP contribution in [0.3, 0.4) is 0 Å². The summed E-state index contributed by atoms with van der Waals surface area (Å²) in [6.45, 7) is 6.93. The molecule has 73 valence electrons. The Morgan fingerprint density at radius 3 is 3.00 bits per heavy atom. The third-order valence-corrected chi connectivity index (χ3v) is 4.69. The van der Waals surface area contributed by atoms with Crippen LogP contribution < -0.4 is 5.32 Å². The number of thiophene rings is 1. The van der Waals surface area contributed by atoms with Crippen LogP contribution in [-0.2, 0) is 32.7 Å². The Bertz CT molecular complexity index is 347. The van der Waals surface area contributed by atoms with Gasteiger partial charge in [0.2, 0.25) is 0 Å². The minimum Gasteiger partial charge on any atom is -0.317 e. The summed E-state index contributed by atoms with van der Waals surface area (Å²) >= 11 is 1.96. The van der Waals surface area contributed by atoms with Crippen LogP contribution in [0, 0.1) is 18.9 Å². The van der Waals surface area contributed by atoms with Crippen LogP contribution in [0.2, 0.25) is 0 Å². The van der Waals surface area contributed by atoms with E-state index in [0.29, 0.717) is 0 Å². The van der Waals surface area contributed by atoms with Gasteiger partial charge in [-0.05, 0) is 31.8 Å². The van der Waals surface area contributed by atoms with Crippen LogP contribution in [0.5, 0.6) is 0 Å². The van der Waals surface area contributed by atoms with Crippen LogP contribution in [0.4, 0.5) is 0 Å². The first-order valence-electron chi connectivity index (χ1n) is 5.00. The summed E-state index contributed by atoms with van der Waals surface area (Å²) in [5, 5.41) is 3.50. The van der Waals surface area contributed by atoms with Crippen molar-refractivity contribution in [3.63, 3.8) is 0 Å². The maximum Gasteiger partial charge on any atom is 0 e. The maximum absolute atomic E-state index is 3.53. The van der Waals surface area contributed by atoms with Gasteiger partial charge in [-0.1, -0.05) is 12.8 Å². The summed E-state index contributed by atoms with van der Waals surface area (Å²) in [5.74, 6) is 2.40. The van der Waals surface area contributed by atoms with E-state index >= 15 is 0 Å². The van der Waals surface area contributed by atoms with Crippen molar-refractivity contribution in [3.05, 3.63) is 21.4 Å². The molecule has 0 amide bonds. The largest absolute Gasteiger partial charge is 0.317 e. The molecule has 3 heteroatoms. The van der Waals surface area contributed by atoms with Crippen molar-refractivity contribution in [1.29, 1.82) is 0 Å². The first-order valence-corrected chi connectivity index (χ1v) is 5.82. The molecule has 1 nitrogen and oxygen atoms in total. The Hall–Kier alpha value is 0.764. The molecule has 2 heterocycles. The fourth-order valence-electron chi connectivity index (χ4n) is 2.84. The molecule has 0 aromatic carbocycles. The number of nitrogens with one attached hydrogen (secondary N) is 1. The quantitative estimate of drug-likeness (QED) is 0.719. The Morgan fingerprint density at radius 1 is 1.43 bits per heavy atom. The van der Waals surface area contributed by atoms with E-state index in [1.54, 1.807) is 4.88 Å². The summed E-state index contributed by atoms with van der Waals surface area (Å²) in [5.41, 5.74) is 1.53. The molecular weight excluding hydrogens is 267 g/mol. The van der Waals surface area contributed by atoms with Crippen LogP contribution >= 0.6 is 11.3 Å². The molecule has 1 aliphatic heterocycles. The van der Waals surface area contributed by atoms with Gasteiger partial charge in [-0.3, -0.25) is 11.3 Å². The zero-order valence-electron chi connectivity index (χ0n) is 8.63. The second-order valence-electron chi connectivity index (χ2n) is 4.28. The molecule has 0 saturated carbocycles. The summed E-state index contributed by atoms with van der Waals surface area (Å²) in [6, 6.07) is 3.53. The number of rotatable bonds is 0. The summed E-state index contributed by atoms with van der Waals surface area (Å²) in [4.78, 5) is 2.99. The van der Waals surface area contributed by atoms with Gasteiger partial charge in [-0.25, -0.2) is 11.6 Å². The molecule has 1 aromatic rings. The van der Waals surface area contributed by atoms with Crippen molar-refractivity contribution in [3.8, 4) is 0 Å². The maximum atomic E-state index is 3.53. The number of hydrogen-bond acceptors (Lipinski definition) is 2. The molecule has 1 N–H and O–H groups in total. The van der Waals surface area contributed by atoms with E-state index in [1.807, 2.05) is 11.3 Å². The van der Waals surface area contributed by atoms with Crippen molar-refractivity contribution in [1.82, 2.24) is 5.32 Å². The van der Waals surface area contributed by atoms with Crippen LogP contribution in [0.25, 0.3) is 0 Å². The Morgan fingerprint density at radius 2 is 2.21 bits per heavy atom. The number of aryl methyl sites for hydroxylation is 1. The zero-order chi connectivity index (χ0) is 9.00. The topological polar surface area (TPSA) is 12.0 Å². The van der Waals surface area contributed by atoms with Gasteiger partial charge in [0.25, 0.3) is 0 Å². The van der Waals surface area contributed by atoms with Crippen molar-refractivity contribution in [2.24, 2.45) is 5.92 Å². The van der Waals surface area contributed by atoms with Crippen LogP contribution in [-0.4, -0.2) is 13.1 Å². The molecule has 3 atom stereocenters. The molecule has 3 rings (SSSR count). The second kappa shape index (κ2) is 3.97. The normalized spacial score (nSPS) is 33.7. The zero-order valence-corrected chi connectivity index (χ0v) is 12.3. The number of fused-ring (bicyclic) bond motifs is 3. The molecule has 1 saturated heterocycles. The Kier molecular flexibility index (Phi) is 3.19. The van der Waals surface area contributed by atoms with E-state index in [4.69, 9.17) is 0 Å². The van der Waals surface area contributed by atoms with Gasteiger partial charge in [-0.2, -0.15) is 0 Å². The van der Waals surface area contributed by atoms with Gasteiger partial charge in [0, 0.05) is 32.7 Å². The van der Waals surface area contributed by atoms with E-state index in [9.17, 15) is 0 Å². The molecule has 1 radical (unpaired) electrons. The van der Waals surface area contributed by atoms with Crippen molar-refractivity contribution < 1.29 is 32.7 Å². The monoisotopic (exact) mass is 281 g/mol. The predicted octanol–water partition coefficient (Wildman–Crippen LogP) is 2.27. The first-order chi connectivity index (χ1) is 6.27. The smallest absolute Gasteiger partial charge is 0 e. The molecule has 14 heavy (non-hydrogen) atoms. The van der Waals surface area contributed by atoms with Crippen LogP contribution in [0.1, 0.15) is 34.1 Å². The third-order valence-electron chi connectivity index (χ3n) is 3.53. The van der Waals surface area contributed by atoms with Crippen molar-refractivity contribution in [2.45, 2.75) is 25.7 Å². The molecule has 0 spiro atoms. The van der Waals surface area contributed by atoms with Gasteiger partial charge in [-0.15, -0.1) is 9.75 Å². The number of hydrogen-bond donors (Lipinski definition) is 1. The molecule has 1 aromatic heterocycles. The Labute approximate surface area is 115 Å². The van der Waals surface area contributed by atoms with Gasteiger partial charge >= 0.3 is 0 Å². The summed E-state index contributed by atoms with van der Waals surface area (Å²) < 4.78 is 0. The fraction of sp³-hybridized carbons (Fsp3) is 0.636. The van der Waals surface area contributed by atoms with E-state index < -0.39 is 0 Å². The molecule has 3 unspecified atom stereocenters. The summed E-state index contributed by atoms with van der Waals surface area (Å²) in [6.07, 6.45) is 0. The third kappa shape index (κ3) is 1.46. The van der Waals surface area contributed by atoms with E-state index in [-0.39, 0.29) is 32.7 Å². The molecule has 1 aliphatic carbocycles. The molecule has 0 bridgehead atoms. The van der Waals surface area contributed by atoms with Crippen molar-refractivity contribution in [2.75, 3.05) is 13.1 Å². The van der Waals surface area contributed by atoms with Crippen LogP contribution in [0.15, 0.2) is 0 Å². The predicted molar refractivity (Wildman–Crippen MR) is 55.4 cm³/mol. The van der Waals surface area contributed by atoms with Gasteiger partial charge < -0.3 is 5.32 Å². The standard InChI is InChI=1S/C11H14NS.Y/c1-6-3-8-7(2)9-4-12-5-10(9)11(8)13-6;/h7,9-10,12H,4-5H2,1-2H3;/q-1;. The average Bonchev–Trinajstić information content (AvgIpc) is 2.70. The summed E-state index contributed by atoms with van der Waals surface area (Å²) in [7, 11) is 0. The van der Waals surface area contributed by atoms with E-state index in [1.165, 1.54) is 23.5 Å². The van der Waals surface area contributed by atoms with Gasteiger partial charge in [0.1, 0.15) is 0 Å². The minimum absolute atomic E-state index is 0. The average molecular weight is 281 g/mol. The van der Waals surface area contributed by atoms with E-state index in [0.717, 1.165) is 17.8 Å². The van der Waals surface area contributed by atoms with Gasteiger partial charge in [0.15, 0.2) is 0 Å². The SMILES string of the molecule is Cc1[c-]c2c(s1)C1CNCC1C2C.[Y]. The van der Waals surface area contributed by atoms with E-state index in [2.05, 4.69) is 25.2 Å². The molecule has 2 aliphatic rings. The van der Waals surface area contributed by atoms with Crippen molar-refractivity contribution >= 4 is 11.3 Å². The second-order valence-corrected chi connectivity index (χ2v) is 5.53. The first kappa shape index (κ1) is 11.3. The minimum atomic E-state index is 0. The molecular formula is C11H14NSY-. The van der Waals surface area contributed by atoms with Gasteiger partial charge in [0.05, 0.1) is 0 Å². The Balaban J connectivity index is 0.000000750.